The second-order valence-electron chi connectivity index (χ2n) is 2.34. The van der Waals surface area contributed by atoms with Gasteiger partial charge in [0.15, 0.2) is 0 Å². The minimum absolute atomic E-state index is 0.0294. The van der Waals surface area contributed by atoms with Gasteiger partial charge in [-0.2, -0.15) is 0 Å². The molecule has 0 saturated carbocycles. The molecule has 0 spiro atoms. The van der Waals surface area contributed by atoms with Crippen molar-refractivity contribution in [2.24, 2.45) is 5.14 Å². The molecule has 6 heteroatoms. The van der Waals surface area contributed by atoms with Gasteiger partial charge in [0, 0.05) is 0 Å². The van der Waals surface area contributed by atoms with Crippen molar-refractivity contribution >= 4 is 21.6 Å². The first-order valence-electron chi connectivity index (χ1n) is 3.31. The number of halogens is 1. The summed E-state index contributed by atoms with van der Waals surface area (Å²) in [6, 6.07) is 4.03. The maximum Gasteiger partial charge on any atom is 0.238 e. The number of hydrogen-bond donors (Lipinski definition) is 1. The Morgan fingerprint density at radius 2 is 2.08 bits per heavy atom. The molecule has 0 heterocycles. The van der Waals surface area contributed by atoms with Crippen molar-refractivity contribution in [2.45, 2.75) is 4.90 Å². The molecule has 0 saturated heterocycles. The second-order valence-corrected chi connectivity index (χ2v) is 4.31. The standard InChI is InChI=1S/C7H8ClNO3S/c1-12-7-3-2-5(4-6(7)8)13(9,10)11/h2-4H,1H3,(H2,9,10,11). The topological polar surface area (TPSA) is 69.4 Å². The molecule has 72 valence electrons. The zero-order valence-electron chi connectivity index (χ0n) is 6.82. The molecule has 0 aliphatic rings. The molecule has 1 aromatic rings. The summed E-state index contributed by atoms with van der Waals surface area (Å²) in [6.07, 6.45) is 0. The molecule has 0 aliphatic carbocycles. The van der Waals surface area contributed by atoms with E-state index in [0.29, 0.717) is 5.75 Å². The van der Waals surface area contributed by atoms with Gasteiger partial charge in [0.2, 0.25) is 10.0 Å². The molecule has 1 rings (SSSR count). The second kappa shape index (κ2) is 3.53. The monoisotopic (exact) mass is 221 g/mol. The van der Waals surface area contributed by atoms with Crippen LogP contribution in [0.1, 0.15) is 0 Å². The van der Waals surface area contributed by atoms with E-state index < -0.39 is 10.0 Å². The summed E-state index contributed by atoms with van der Waals surface area (Å²) in [7, 11) is -2.25. The van der Waals surface area contributed by atoms with Crippen molar-refractivity contribution in [3.8, 4) is 5.75 Å². The van der Waals surface area contributed by atoms with Crippen LogP contribution in [0.3, 0.4) is 0 Å². The van der Waals surface area contributed by atoms with Crippen LogP contribution >= 0.6 is 11.6 Å². The highest BCUT2D eigenvalue weighted by Gasteiger charge is 2.10. The molecule has 0 aliphatic heterocycles. The number of benzene rings is 1. The van der Waals surface area contributed by atoms with Crippen LogP contribution in [-0.4, -0.2) is 15.5 Å². The Labute approximate surface area is 81.3 Å². The maximum atomic E-state index is 10.9. The van der Waals surface area contributed by atoms with E-state index in [4.69, 9.17) is 21.5 Å². The molecule has 1 aromatic carbocycles. The average molecular weight is 222 g/mol. The molecule has 13 heavy (non-hydrogen) atoms. The summed E-state index contributed by atoms with van der Waals surface area (Å²) in [5.74, 6) is 0.411. The number of methoxy groups -OCH3 is 1. The third-order valence-electron chi connectivity index (χ3n) is 1.45. The Morgan fingerprint density at radius 1 is 1.46 bits per heavy atom. The molecule has 0 amide bonds. The average Bonchev–Trinajstić information content (AvgIpc) is 2.02. The first-order chi connectivity index (χ1) is 5.95. The predicted molar refractivity (Wildman–Crippen MR) is 49.4 cm³/mol. The fourth-order valence-corrected chi connectivity index (χ4v) is 1.69. The van der Waals surface area contributed by atoms with E-state index in [2.05, 4.69) is 0 Å². The summed E-state index contributed by atoms with van der Waals surface area (Å²) in [6.45, 7) is 0. The highest BCUT2D eigenvalue weighted by molar-refractivity contribution is 7.89. The molecule has 0 unspecified atom stereocenters. The lowest BCUT2D eigenvalue weighted by molar-refractivity contribution is 0.414. The number of sulfonamides is 1. The molecule has 0 bridgehead atoms. The Balaban J connectivity index is 3.26. The van der Waals surface area contributed by atoms with Gasteiger partial charge in [0.05, 0.1) is 17.0 Å². The third-order valence-corrected chi connectivity index (χ3v) is 2.66. The Hall–Kier alpha value is -0.780. The van der Waals surface area contributed by atoms with Crippen LogP contribution < -0.4 is 9.88 Å². The minimum Gasteiger partial charge on any atom is -0.495 e. The lowest BCUT2D eigenvalue weighted by atomic mass is 10.3. The van der Waals surface area contributed by atoms with Crippen LogP contribution in [-0.2, 0) is 10.0 Å². The predicted octanol–water partition coefficient (Wildman–Crippen LogP) is 0.996. The van der Waals surface area contributed by atoms with E-state index in [1.165, 1.54) is 25.3 Å². The van der Waals surface area contributed by atoms with Gasteiger partial charge >= 0.3 is 0 Å². The smallest absolute Gasteiger partial charge is 0.238 e. The highest BCUT2D eigenvalue weighted by Crippen LogP contribution is 2.26. The first-order valence-corrected chi connectivity index (χ1v) is 5.24. The maximum absolute atomic E-state index is 10.9. The number of primary sulfonamides is 1. The zero-order valence-corrected chi connectivity index (χ0v) is 8.39. The fraction of sp³-hybridized carbons (Fsp3) is 0.143. The van der Waals surface area contributed by atoms with Crippen molar-refractivity contribution in [3.05, 3.63) is 23.2 Å². The molecular formula is C7H8ClNO3S. The first kappa shape index (κ1) is 10.3. The van der Waals surface area contributed by atoms with Crippen molar-refractivity contribution in [1.82, 2.24) is 0 Å². The van der Waals surface area contributed by atoms with Gasteiger partial charge in [-0.15, -0.1) is 0 Å². The van der Waals surface area contributed by atoms with Crippen molar-refractivity contribution < 1.29 is 13.2 Å². The Morgan fingerprint density at radius 3 is 2.46 bits per heavy atom. The van der Waals surface area contributed by atoms with Crippen LogP contribution in [0.25, 0.3) is 0 Å². The number of nitrogens with two attached hydrogens (primary N) is 1. The van der Waals surface area contributed by atoms with Crippen LogP contribution in [0.15, 0.2) is 23.1 Å². The Kier molecular flexibility index (Phi) is 2.80. The van der Waals surface area contributed by atoms with E-state index in [1.807, 2.05) is 0 Å². The molecule has 0 fully saturated rings. The number of ether oxygens (including phenoxy) is 1. The Bertz CT molecular complexity index is 416. The molecule has 2 N–H and O–H groups in total. The summed E-state index contributed by atoms with van der Waals surface area (Å²) in [5.41, 5.74) is 0. The lowest BCUT2D eigenvalue weighted by Crippen LogP contribution is -2.11. The van der Waals surface area contributed by atoms with E-state index in [9.17, 15) is 8.42 Å². The van der Waals surface area contributed by atoms with Gasteiger partial charge in [-0.1, -0.05) is 11.6 Å². The molecule has 0 radical (unpaired) electrons. The quantitative estimate of drug-likeness (QED) is 0.810. The normalized spacial score (nSPS) is 11.3. The van der Waals surface area contributed by atoms with Crippen LogP contribution in [0.5, 0.6) is 5.75 Å². The van der Waals surface area contributed by atoms with Gasteiger partial charge in [0.25, 0.3) is 0 Å². The van der Waals surface area contributed by atoms with Gasteiger partial charge in [0.1, 0.15) is 5.75 Å². The summed E-state index contributed by atoms with van der Waals surface area (Å²) in [5, 5.41) is 5.11. The van der Waals surface area contributed by atoms with Gasteiger partial charge in [-0.05, 0) is 18.2 Å². The zero-order chi connectivity index (χ0) is 10.1. The SMILES string of the molecule is COc1ccc(S(N)(=O)=O)cc1Cl. The van der Waals surface area contributed by atoms with E-state index in [0.717, 1.165) is 0 Å². The van der Waals surface area contributed by atoms with Crippen LogP contribution in [0, 0.1) is 0 Å². The highest BCUT2D eigenvalue weighted by atomic mass is 35.5. The van der Waals surface area contributed by atoms with Gasteiger partial charge < -0.3 is 4.74 Å². The fourth-order valence-electron chi connectivity index (χ4n) is 0.824. The minimum atomic E-state index is -3.69. The summed E-state index contributed by atoms with van der Waals surface area (Å²) in [4.78, 5) is -0.0294. The van der Waals surface area contributed by atoms with Crippen LogP contribution in [0.2, 0.25) is 5.02 Å². The van der Waals surface area contributed by atoms with E-state index >= 15 is 0 Å². The molecule has 0 atom stereocenters. The number of hydrogen-bond acceptors (Lipinski definition) is 3. The van der Waals surface area contributed by atoms with E-state index in [1.54, 1.807) is 0 Å². The van der Waals surface area contributed by atoms with Crippen LogP contribution in [0.4, 0.5) is 0 Å². The lowest BCUT2D eigenvalue weighted by Gasteiger charge is -2.03. The molecule has 4 nitrogen and oxygen atoms in total. The summed E-state index contributed by atoms with van der Waals surface area (Å²) >= 11 is 5.69. The molecule has 0 aromatic heterocycles. The van der Waals surface area contributed by atoms with Crippen molar-refractivity contribution in [3.63, 3.8) is 0 Å². The largest absolute Gasteiger partial charge is 0.495 e. The van der Waals surface area contributed by atoms with Crippen molar-refractivity contribution in [1.29, 1.82) is 0 Å². The number of rotatable bonds is 2. The third kappa shape index (κ3) is 2.33. The molecular weight excluding hydrogens is 214 g/mol. The summed E-state index contributed by atoms with van der Waals surface area (Å²) < 4.78 is 26.6. The van der Waals surface area contributed by atoms with E-state index in [-0.39, 0.29) is 9.92 Å². The van der Waals surface area contributed by atoms with Gasteiger partial charge in [-0.3, -0.25) is 0 Å². The van der Waals surface area contributed by atoms with Gasteiger partial charge in [-0.25, -0.2) is 13.6 Å². The van der Waals surface area contributed by atoms with Crippen molar-refractivity contribution in [2.75, 3.05) is 7.11 Å².